The van der Waals surface area contributed by atoms with Gasteiger partial charge in [-0.2, -0.15) is 9.97 Å². The molecule has 0 unspecified atom stereocenters. The van der Waals surface area contributed by atoms with Gasteiger partial charge in [0.15, 0.2) is 0 Å². The van der Waals surface area contributed by atoms with Crippen LogP contribution in [0.3, 0.4) is 0 Å². The molecule has 1 fully saturated rings. The van der Waals surface area contributed by atoms with Crippen LogP contribution in [0.1, 0.15) is 18.5 Å². The molecule has 1 amide bonds. The maximum absolute atomic E-state index is 12.1. The molecule has 25 heavy (non-hydrogen) atoms. The van der Waals surface area contributed by atoms with E-state index in [4.69, 9.17) is 9.47 Å². The Kier molecular flexibility index (Phi) is 4.97. The number of benzene rings is 1. The fraction of sp³-hybridized carbons (Fsp3) is 0.412. The van der Waals surface area contributed by atoms with Crippen molar-refractivity contribution in [2.75, 3.05) is 38.8 Å². The summed E-state index contributed by atoms with van der Waals surface area (Å²) in [4.78, 5) is 28.6. The highest BCUT2D eigenvalue weighted by atomic mass is 16.5. The van der Waals surface area contributed by atoms with E-state index < -0.39 is 0 Å². The van der Waals surface area contributed by atoms with Gasteiger partial charge in [0.05, 0.1) is 20.3 Å². The number of piperazine rings is 1. The van der Waals surface area contributed by atoms with Gasteiger partial charge in [-0.1, -0.05) is 30.3 Å². The lowest BCUT2D eigenvalue weighted by Crippen LogP contribution is -2.50. The highest BCUT2D eigenvalue weighted by Gasteiger charge is 2.31. The van der Waals surface area contributed by atoms with Crippen molar-refractivity contribution < 1.29 is 14.3 Å². The van der Waals surface area contributed by atoms with Crippen LogP contribution in [0, 0.1) is 0 Å². The van der Waals surface area contributed by atoms with Crippen LogP contribution in [0.2, 0.25) is 0 Å². The quantitative estimate of drug-likeness (QED) is 0.827. The van der Waals surface area contributed by atoms with Gasteiger partial charge < -0.3 is 19.3 Å². The van der Waals surface area contributed by atoms with Crippen molar-refractivity contribution in [3.63, 3.8) is 0 Å². The molecule has 1 aromatic heterocycles. The molecule has 2 heterocycles. The standard InChI is InChI=1S/C17H21N5O3/c1-12(23)22-10-9-21(11-14(22)13-7-5-4-6-8-13)15-18-16(24-2)20-17(19-15)25-3/h4-8,14H,9-11H2,1-3H3/t14-/m1/s1. The minimum atomic E-state index is -0.0683. The number of methoxy groups -OCH3 is 2. The number of rotatable bonds is 4. The van der Waals surface area contributed by atoms with Crippen LogP contribution in [0.15, 0.2) is 30.3 Å². The monoisotopic (exact) mass is 343 g/mol. The summed E-state index contributed by atoms with van der Waals surface area (Å²) in [6.45, 7) is 3.39. The van der Waals surface area contributed by atoms with Crippen molar-refractivity contribution >= 4 is 11.9 Å². The van der Waals surface area contributed by atoms with Crippen molar-refractivity contribution in [1.29, 1.82) is 0 Å². The maximum atomic E-state index is 12.1. The lowest BCUT2D eigenvalue weighted by Gasteiger charge is -2.41. The van der Waals surface area contributed by atoms with Crippen molar-refractivity contribution in [3.8, 4) is 12.0 Å². The Morgan fingerprint density at radius 3 is 2.24 bits per heavy atom. The average Bonchev–Trinajstić information content (AvgIpc) is 2.67. The van der Waals surface area contributed by atoms with E-state index in [0.717, 1.165) is 5.56 Å². The number of ether oxygens (including phenoxy) is 2. The molecule has 1 atom stereocenters. The minimum Gasteiger partial charge on any atom is -0.467 e. The Morgan fingerprint density at radius 1 is 1.04 bits per heavy atom. The molecule has 132 valence electrons. The zero-order valence-electron chi connectivity index (χ0n) is 14.5. The fourth-order valence-corrected chi connectivity index (χ4v) is 2.95. The van der Waals surface area contributed by atoms with Crippen molar-refractivity contribution in [2.45, 2.75) is 13.0 Å². The first-order valence-corrected chi connectivity index (χ1v) is 8.03. The smallest absolute Gasteiger partial charge is 0.324 e. The minimum absolute atomic E-state index is 0.0549. The van der Waals surface area contributed by atoms with Crippen LogP contribution in [0.4, 0.5) is 5.95 Å². The van der Waals surface area contributed by atoms with E-state index in [1.54, 1.807) is 6.92 Å². The second kappa shape index (κ2) is 7.33. The molecule has 0 spiro atoms. The Labute approximate surface area is 146 Å². The number of amides is 1. The van der Waals surface area contributed by atoms with Gasteiger partial charge in [-0.3, -0.25) is 4.79 Å². The number of hydrogen-bond acceptors (Lipinski definition) is 7. The van der Waals surface area contributed by atoms with Crippen molar-refractivity contribution in [3.05, 3.63) is 35.9 Å². The molecule has 1 aliphatic heterocycles. The van der Waals surface area contributed by atoms with Crippen LogP contribution in [-0.2, 0) is 4.79 Å². The zero-order valence-corrected chi connectivity index (χ0v) is 14.5. The Hall–Kier alpha value is -2.90. The van der Waals surface area contributed by atoms with Gasteiger partial charge in [0.2, 0.25) is 11.9 Å². The zero-order chi connectivity index (χ0) is 17.8. The highest BCUT2D eigenvalue weighted by Crippen LogP contribution is 2.28. The number of carbonyl (C=O) groups is 1. The molecular weight excluding hydrogens is 322 g/mol. The molecule has 1 aromatic carbocycles. The topological polar surface area (TPSA) is 80.7 Å². The van der Waals surface area contributed by atoms with E-state index in [-0.39, 0.29) is 24.0 Å². The molecule has 3 rings (SSSR count). The lowest BCUT2D eigenvalue weighted by molar-refractivity contribution is -0.131. The number of carbonyl (C=O) groups excluding carboxylic acids is 1. The van der Waals surface area contributed by atoms with E-state index in [9.17, 15) is 4.79 Å². The first-order chi connectivity index (χ1) is 12.1. The summed E-state index contributed by atoms with van der Waals surface area (Å²) in [7, 11) is 3.00. The summed E-state index contributed by atoms with van der Waals surface area (Å²) >= 11 is 0. The molecule has 0 saturated carbocycles. The molecule has 8 nitrogen and oxygen atoms in total. The summed E-state index contributed by atoms with van der Waals surface area (Å²) in [5.74, 6) is 0.534. The normalized spacial score (nSPS) is 17.3. The molecule has 0 radical (unpaired) electrons. The Bertz CT molecular complexity index is 718. The van der Waals surface area contributed by atoms with E-state index in [0.29, 0.717) is 25.6 Å². The predicted molar refractivity (Wildman–Crippen MR) is 91.7 cm³/mol. The van der Waals surface area contributed by atoms with E-state index >= 15 is 0 Å². The van der Waals surface area contributed by atoms with Crippen LogP contribution >= 0.6 is 0 Å². The highest BCUT2D eigenvalue weighted by molar-refractivity contribution is 5.74. The molecule has 0 bridgehead atoms. The van der Waals surface area contributed by atoms with Crippen molar-refractivity contribution in [1.82, 2.24) is 19.9 Å². The Morgan fingerprint density at radius 2 is 1.68 bits per heavy atom. The first-order valence-electron chi connectivity index (χ1n) is 8.03. The van der Waals surface area contributed by atoms with Gasteiger partial charge >= 0.3 is 12.0 Å². The third kappa shape index (κ3) is 3.62. The van der Waals surface area contributed by atoms with Crippen LogP contribution in [0.5, 0.6) is 12.0 Å². The molecule has 0 N–H and O–H groups in total. The summed E-state index contributed by atoms with van der Waals surface area (Å²) in [5.41, 5.74) is 1.08. The van der Waals surface area contributed by atoms with Gasteiger partial charge in [0.1, 0.15) is 0 Å². The molecule has 8 heteroatoms. The van der Waals surface area contributed by atoms with Crippen molar-refractivity contribution in [2.24, 2.45) is 0 Å². The van der Waals surface area contributed by atoms with Gasteiger partial charge in [-0.25, -0.2) is 0 Å². The molecule has 2 aromatic rings. The average molecular weight is 343 g/mol. The third-order valence-electron chi connectivity index (χ3n) is 4.20. The summed E-state index contributed by atoms with van der Waals surface area (Å²) in [6.07, 6.45) is 0. The predicted octanol–water partition coefficient (Wildman–Crippen LogP) is 1.30. The van der Waals surface area contributed by atoms with Gasteiger partial charge in [-0.15, -0.1) is 4.98 Å². The number of anilines is 1. The largest absolute Gasteiger partial charge is 0.467 e. The number of nitrogens with zero attached hydrogens (tertiary/aromatic N) is 5. The number of hydrogen-bond donors (Lipinski definition) is 0. The molecule has 1 saturated heterocycles. The van der Waals surface area contributed by atoms with Crippen LogP contribution in [-0.4, -0.2) is 59.6 Å². The molecule has 0 aliphatic carbocycles. The summed E-state index contributed by atoms with van der Waals surface area (Å²) < 4.78 is 10.3. The van der Waals surface area contributed by atoms with E-state index in [2.05, 4.69) is 15.0 Å². The van der Waals surface area contributed by atoms with Gasteiger partial charge in [-0.05, 0) is 5.56 Å². The molecular formula is C17H21N5O3. The second-order valence-corrected chi connectivity index (χ2v) is 5.69. The van der Waals surface area contributed by atoms with E-state index in [1.165, 1.54) is 14.2 Å². The number of aromatic nitrogens is 3. The molecule has 1 aliphatic rings. The SMILES string of the molecule is COc1nc(OC)nc(N2CCN(C(C)=O)[C@@H](c3ccccc3)C2)n1. The first kappa shape index (κ1) is 16.9. The Balaban J connectivity index is 1.91. The summed E-state index contributed by atoms with van der Waals surface area (Å²) in [5, 5.41) is 0. The maximum Gasteiger partial charge on any atom is 0.324 e. The fourth-order valence-electron chi connectivity index (χ4n) is 2.95. The van der Waals surface area contributed by atoms with Gasteiger partial charge in [0.25, 0.3) is 0 Å². The summed E-state index contributed by atoms with van der Waals surface area (Å²) in [6, 6.07) is 10.3. The second-order valence-electron chi connectivity index (χ2n) is 5.69. The van der Waals surface area contributed by atoms with Crippen LogP contribution < -0.4 is 14.4 Å². The van der Waals surface area contributed by atoms with E-state index in [1.807, 2.05) is 40.1 Å². The lowest BCUT2D eigenvalue weighted by atomic mass is 10.0. The van der Waals surface area contributed by atoms with Gasteiger partial charge in [0, 0.05) is 26.6 Å². The third-order valence-corrected chi connectivity index (χ3v) is 4.20. The van der Waals surface area contributed by atoms with Crippen LogP contribution in [0.25, 0.3) is 0 Å².